The zero-order valence-electron chi connectivity index (χ0n) is 11.1. The molecule has 2 N–H and O–H groups in total. The number of hydrogen-bond donors (Lipinski definition) is 2. The van der Waals surface area contributed by atoms with Gasteiger partial charge in [-0.2, -0.15) is 0 Å². The molecule has 1 amide bonds. The minimum absolute atomic E-state index is 0.228. The maximum Gasteiger partial charge on any atom is 0.271 e. The third kappa shape index (κ3) is 3.93. The number of carbonyl (C=O) groups is 1. The number of amides is 1. The average molecular weight is 291 g/mol. The number of aromatic nitrogens is 2. The molecular weight excluding hydrogens is 276 g/mol. The molecule has 20 heavy (non-hydrogen) atoms. The first-order valence-electron chi connectivity index (χ1n) is 6.23. The molecule has 0 fully saturated rings. The Bertz CT molecular complexity index is 569. The molecule has 0 atom stereocenters. The van der Waals surface area contributed by atoms with Gasteiger partial charge in [-0.3, -0.25) is 4.79 Å². The normalized spacial score (nSPS) is 10.1. The second kappa shape index (κ2) is 6.86. The van der Waals surface area contributed by atoms with Crippen LogP contribution in [-0.2, 0) is 6.42 Å². The Morgan fingerprint density at radius 1 is 1.15 bits per heavy atom. The van der Waals surface area contributed by atoms with Gasteiger partial charge in [-0.1, -0.05) is 23.7 Å². The van der Waals surface area contributed by atoms with E-state index in [0.717, 1.165) is 12.0 Å². The number of halogens is 1. The third-order valence-electron chi connectivity index (χ3n) is 2.77. The van der Waals surface area contributed by atoms with E-state index in [2.05, 4.69) is 20.8 Å². The van der Waals surface area contributed by atoms with E-state index < -0.39 is 0 Å². The molecular formula is C14H15ClN4O. The summed E-state index contributed by atoms with van der Waals surface area (Å²) in [5.74, 6) is 0.400. The zero-order valence-corrected chi connectivity index (χ0v) is 11.8. The lowest BCUT2D eigenvalue weighted by Crippen LogP contribution is -2.26. The van der Waals surface area contributed by atoms with Crippen molar-refractivity contribution in [3.8, 4) is 0 Å². The molecule has 0 radical (unpaired) electrons. The molecule has 0 aliphatic heterocycles. The second-order valence-electron chi connectivity index (χ2n) is 4.19. The van der Waals surface area contributed by atoms with Crippen LogP contribution in [0.2, 0.25) is 5.02 Å². The van der Waals surface area contributed by atoms with Crippen molar-refractivity contribution >= 4 is 23.3 Å². The molecule has 0 spiro atoms. The summed E-state index contributed by atoms with van der Waals surface area (Å²) in [5, 5.41) is 14.1. The summed E-state index contributed by atoms with van der Waals surface area (Å²) < 4.78 is 0. The summed E-state index contributed by atoms with van der Waals surface area (Å²) in [6.45, 7) is 0.538. The number of benzene rings is 1. The van der Waals surface area contributed by atoms with Gasteiger partial charge in [0, 0.05) is 18.6 Å². The second-order valence-corrected chi connectivity index (χ2v) is 4.62. The fourth-order valence-electron chi connectivity index (χ4n) is 1.65. The largest absolute Gasteiger partial charge is 0.372 e. The van der Waals surface area contributed by atoms with Gasteiger partial charge in [-0.05, 0) is 36.2 Å². The minimum Gasteiger partial charge on any atom is -0.372 e. The van der Waals surface area contributed by atoms with Gasteiger partial charge < -0.3 is 10.6 Å². The maximum absolute atomic E-state index is 11.8. The first-order chi connectivity index (χ1) is 9.69. The van der Waals surface area contributed by atoms with Crippen LogP contribution in [0.3, 0.4) is 0 Å². The van der Waals surface area contributed by atoms with E-state index in [1.54, 1.807) is 19.2 Å². The van der Waals surface area contributed by atoms with E-state index in [-0.39, 0.29) is 5.91 Å². The lowest BCUT2D eigenvalue weighted by atomic mass is 10.1. The number of nitrogens with one attached hydrogen (secondary N) is 2. The van der Waals surface area contributed by atoms with Gasteiger partial charge in [0.1, 0.15) is 5.82 Å². The number of carbonyl (C=O) groups excluding carboxylic acids is 1. The van der Waals surface area contributed by atoms with Gasteiger partial charge in [0.25, 0.3) is 5.91 Å². The quantitative estimate of drug-likeness (QED) is 0.885. The van der Waals surface area contributed by atoms with Crippen LogP contribution in [0.25, 0.3) is 0 Å². The van der Waals surface area contributed by atoms with Gasteiger partial charge in [0.05, 0.1) is 0 Å². The van der Waals surface area contributed by atoms with Gasteiger partial charge >= 0.3 is 0 Å². The lowest BCUT2D eigenvalue weighted by Gasteiger charge is -2.05. The lowest BCUT2D eigenvalue weighted by molar-refractivity contribution is 0.0948. The van der Waals surface area contributed by atoms with Gasteiger partial charge in [-0.15, -0.1) is 10.2 Å². The summed E-state index contributed by atoms with van der Waals surface area (Å²) in [5.41, 5.74) is 1.42. The van der Waals surface area contributed by atoms with Gasteiger partial charge in [-0.25, -0.2) is 0 Å². The van der Waals surface area contributed by atoms with Crippen molar-refractivity contribution in [2.45, 2.75) is 6.42 Å². The molecule has 0 bridgehead atoms. The minimum atomic E-state index is -0.228. The highest BCUT2D eigenvalue weighted by atomic mass is 35.5. The molecule has 2 aromatic rings. The number of anilines is 1. The van der Waals surface area contributed by atoms with Crippen molar-refractivity contribution in [1.82, 2.24) is 15.5 Å². The molecule has 0 aliphatic rings. The van der Waals surface area contributed by atoms with Crippen LogP contribution in [0.15, 0.2) is 36.4 Å². The molecule has 1 heterocycles. The van der Waals surface area contributed by atoms with Crippen LogP contribution in [0.4, 0.5) is 5.82 Å². The van der Waals surface area contributed by atoms with E-state index in [9.17, 15) is 4.79 Å². The highest BCUT2D eigenvalue weighted by Gasteiger charge is 2.07. The van der Waals surface area contributed by atoms with Crippen molar-refractivity contribution in [3.63, 3.8) is 0 Å². The first kappa shape index (κ1) is 14.3. The van der Waals surface area contributed by atoms with Crippen LogP contribution >= 0.6 is 11.6 Å². The molecule has 2 rings (SSSR count). The van der Waals surface area contributed by atoms with Gasteiger partial charge in [0.2, 0.25) is 0 Å². The zero-order chi connectivity index (χ0) is 14.4. The SMILES string of the molecule is CNc1ccc(C(=O)NCCc2ccc(Cl)cc2)nn1. The van der Waals surface area contributed by atoms with Crippen molar-refractivity contribution in [1.29, 1.82) is 0 Å². The summed E-state index contributed by atoms with van der Waals surface area (Å²) in [7, 11) is 1.75. The monoisotopic (exact) mass is 290 g/mol. The van der Waals surface area contributed by atoms with E-state index in [4.69, 9.17) is 11.6 Å². The Labute approximate surface area is 122 Å². The molecule has 1 aromatic carbocycles. The molecule has 0 saturated carbocycles. The Kier molecular flexibility index (Phi) is 4.90. The maximum atomic E-state index is 11.8. The average Bonchev–Trinajstić information content (AvgIpc) is 2.49. The predicted octanol–water partition coefficient (Wildman–Crippen LogP) is 2.14. The standard InChI is InChI=1S/C14H15ClN4O/c1-16-13-7-6-12(18-19-13)14(20)17-9-8-10-2-4-11(15)5-3-10/h2-7H,8-9H2,1H3,(H,16,19)(H,17,20). The fourth-order valence-corrected chi connectivity index (χ4v) is 1.77. The molecule has 0 aliphatic carbocycles. The van der Waals surface area contributed by atoms with Crippen LogP contribution in [-0.4, -0.2) is 29.7 Å². The summed E-state index contributed by atoms with van der Waals surface area (Å²) in [6.07, 6.45) is 0.741. The fraction of sp³-hybridized carbons (Fsp3) is 0.214. The predicted molar refractivity (Wildman–Crippen MR) is 79.1 cm³/mol. The summed E-state index contributed by atoms with van der Waals surface area (Å²) in [4.78, 5) is 11.8. The Hall–Kier alpha value is -2.14. The van der Waals surface area contributed by atoms with Crippen LogP contribution in [0.5, 0.6) is 0 Å². The Balaban J connectivity index is 1.83. The number of nitrogens with zero attached hydrogens (tertiary/aromatic N) is 2. The Morgan fingerprint density at radius 2 is 1.90 bits per heavy atom. The highest BCUT2D eigenvalue weighted by molar-refractivity contribution is 6.30. The molecule has 5 nitrogen and oxygen atoms in total. The van der Waals surface area contributed by atoms with E-state index in [0.29, 0.717) is 23.1 Å². The molecule has 104 valence electrons. The van der Waals surface area contributed by atoms with Crippen molar-refractivity contribution in [2.24, 2.45) is 0 Å². The Morgan fingerprint density at radius 3 is 2.50 bits per heavy atom. The van der Waals surface area contributed by atoms with E-state index >= 15 is 0 Å². The topological polar surface area (TPSA) is 66.9 Å². The molecule has 1 aromatic heterocycles. The summed E-state index contributed by atoms with van der Waals surface area (Å²) in [6, 6.07) is 10.9. The van der Waals surface area contributed by atoms with Crippen molar-refractivity contribution in [2.75, 3.05) is 18.9 Å². The number of hydrogen-bond acceptors (Lipinski definition) is 4. The number of rotatable bonds is 5. The third-order valence-corrected chi connectivity index (χ3v) is 3.02. The van der Waals surface area contributed by atoms with E-state index in [1.807, 2.05) is 24.3 Å². The van der Waals surface area contributed by atoms with Crippen LogP contribution in [0.1, 0.15) is 16.1 Å². The highest BCUT2D eigenvalue weighted by Crippen LogP contribution is 2.09. The smallest absolute Gasteiger partial charge is 0.271 e. The van der Waals surface area contributed by atoms with Crippen LogP contribution < -0.4 is 10.6 Å². The summed E-state index contributed by atoms with van der Waals surface area (Å²) >= 11 is 5.81. The molecule has 0 unspecified atom stereocenters. The van der Waals surface area contributed by atoms with Crippen LogP contribution in [0, 0.1) is 0 Å². The van der Waals surface area contributed by atoms with E-state index in [1.165, 1.54) is 0 Å². The van der Waals surface area contributed by atoms with Crippen molar-refractivity contribution < 1.29 is 4.79 Å². The molecule has 6 heteroatoms. The van der Waals surface area contributed by atoms with Gasteiger partial charge in [0.15, 0.2) is 5.69 Å². The van der Waals surface area contributed by atoms with Crippen molar-refractivity contribution in [3.05, 3.63) is 52.7 Å². The molecule has 0 saturated heterocycles. The first-order valence-corrected chi connectivity index (χ1v) is 6.61.